The Morgan fingerprint density at radius 1 is 1.34 bits per heavy atom. The molecule has 1 amide bonds. The number of aromatic amines is 1. The second-order valence-corrected chi connectivity index (χ2v) is 7.36. The third-order valence-corrected chi connectivity index (χ3v) is 5.14. The van der Waals surface area contributed by atoms with Gasteiger partial charge in [-0.3, -0.25) is 19.3 Å². The summed E-state index contributed by atoms with van der Waals surface area (Å²) in [7, 11) is 0. The van der Waals surface area contributed by atoms with Gasteiger partial charge in [0.05, 0.1) is 4.83 Å². The van der Waals surface area contributed by atoms with E-state index in [1.807, 2.05) is 0 Å². The molecule has 0 saturated carbocycles. The van der Waals surface area contributed by atoms with Gasteiger partial charge in [0.15, 0.2) is 18.1 Å². The van der Waals surface area contributed by atoms with Gasteiger partial charge in [0, 0.05) is 38.1 Å². The van der Waals surface area contributed by atoms with Crippen LogP contribution >= 0.6 is 27.5 Å². The standard InChI is InChI=1S/C17H19BrClN3O7/c1-8(23)22(15-11(4-5-19)6-20-17(26)21-15)16-14(28-10(3)25)13(18)12(29-16)7-27-9(2)24/h4-6,12-14,16H,7H2,1-3H3,(H,20,21,26)/t12-,13+,14-,16-/m1/s1. The first-order chi connectivity index (χ1) is 13.6. The molecule has 0 aliphatic carbocycles. The van der Waals surface area contributed by atoms with E-state index in [1.165, 1.54) is 38.6 Å². The molecule has 1 aromatic rings. The van der Waals surface area contributed by atoms with Crippen molar-refractivity contribution in [2.24, 2.45) is 0 Å². The van der Waals surface area contributed by atoms with E-state index in [0.29, 0.717) is 5.56 Å². The summed E-state index contributed by atoms with van der Waals surface area (Å²) in [6.45, 7) is 3.56. The zero-order chi connectivity index (χ0) is 21.7. The van der Waals surface area contributed by atoms with Crippen LogP contribution in [0, 0.1) is 0 Å². The van der Waals surface area contributed by atoms with E-state index >= 15 is 0 Å². The molecule has 1 fully saturated rings. The number of nitrogens with zero attached hydrogens (tertiary/aromatic N) is 2. The van der Waals surface area contributed by atoms with E-state index in [1.54, 1.807) is 0 Å². The molecule has 0 unspecified atom stereocenters. The molecule has 0 aromatic carbocycles. The third-order valence-electron chi connectivity index (χ3n) is 3.90. The summed E-state index contributed by atoms with van der Waals surface area (Å²) in [6.07, 6.45) is -0.0850. The molecule has 0 radical (unpaired) electrons. The first-order valence-electron chi connectivity index (χ1n) is 8.42. The monoisotopic (exact) mass is 491 g/mol. The largest absolute Gasteiger partial charge is 0.463 e. The SMILES string of the molecule is CC(=O)OC[C@H]1O[C@@H](N(C(C)=O)c2nc(=O)[nH]cc2C=CCl)[C@H](OC(C)=O)[C@H]1Br. The fourth-order valence-electron chi connectivity index (χ4n) is 2.78. The molecule has 10 nitrogen and oxygen atoms in total. The van der Waals surface area contributed by atoms with Crippen LogP contribution in [0.2, 0.25) is 0 Å². The minimum Gasteiger partial charge on any atom is -0.463 e. The maximum Gasteiger partial charge on any atom is 0.346 e. The number of hydrogen-bond acceptors (Lipinski definition) is 8. The fraction of sp³-hybridized carbons (Fsp3) is 0.471. The highest BCUT2D eigenvalue weighted by Gasteiger charge is 2.50. The molecule has 2 heterocycles. The Kier molecular flexibility index (Phi) is 7.94. The number of halogens is 2. The summed E-state index contributed by atoms with van der Waals surface area (Å²) < 4.78 is 16.2. The number of rotatable bonds is 6. The van der Waals surface area contributed by atoms with E-state index in [-0.39, 0.29) is 12.4 Å². The summed E-state index contributed by atoms with van der Waals surface area (Å²) >= 11 is 9.04. The molecule has 1 saturated heterocycles. The fourth-order valence-corrected chi connectivity index (χ4v) is 3.57. The van der Waals surface area contributed by atoms with Crippen molar-refractivity contribution in [2.75, 3.05) is 11.5 Å². The van der Waals surface area contributed by atoms with Gasteiger partial charge in [0.1, 0.15) is 12.7 Å². The molecular weight excluding hydrogens is 474 g/mol. The van der Waals surface area contributed by atoms with Gasteiger partial charge < -0.3 is 19.2 Å². The molecule has 12 heteroatoms. The third kappa shape index (κ3) is 5.64. The quantitative estimate of drug-likeness (QED) is 0.465. The number of nitrogens with one attached hydrogen (secondary N) is 1. The highest BCUT2D eigenvalue weighted by Crippen LogP contribution is 2.35. The van der Waals surface area contributed by atoms with Gasteiger partial charge in [0.2, 0.25) is 5.91 Å². The van der Waals surface area contributed by atoms with Gasteiger partial charge in [0.25, 0.3) is 0 Å². The second kappa shape index (κ2) is 9.99. The number of carbonyl (C=O) groups excluding carboxylic acids is 3. The highest BCUT2D eigenvalue weighted by atomic mass is 79.9. The Morgan fingerprint density at radius 3 is 2.59 bits per heavy atom. The van der Waals surface area contributed by atoms with Gasteiger partial charge in [-0.15, -0.1) is 0 Å². The molecule has 158 valence electrons. The minimum atomic E-state index is -1.14. The Bertz CT molecular complexity index is 875. The first-order valence-corrected chi connectivity index (χ1v) is 9.77. The first kappa shape index (κ1) is 23.0. The Morgan fingerprint density at radius 2 is 2.03 bits per heavy atom. The zero-order valence-corrected chi connectivity index (χ0v) is 18.1. The van der Waals surface area contributed by atoms with Crippen molar-refractivity contribution >= 4 is 57.3 Å². The van der Waals surface area contributed by atoms with E-state index < -0.39 is 46.8 Å². The Balaban J connectivity index is 2.50. The predicted octanol–water partition coefficient (Wildman–Crippen LogP) is 1.32. The number of alkyl halides is 1. The normalized spacial score (nSPS) is 23.8. The van der Waals surface area contributed by atoms with Crippen LogP contribution in [0.3, 0.4) is 0 Å². The summed E-state index contributed by atoms with van der Waals surface area (Å²) in [4.78, 5) is 53.8. The van der Waals surface area contributed by atoms with Crippen molar-refractivity contribution in [3.8, 4) is 0 Å². The van der Waals surface area contributed by atoms with Crippen molar-refractivity contribution in [3.63, 3.8) is 0 Å². The molecule has 4 atom stereocenters. The van der Waals surface area contributed by atoms with Gasteiger partial charge in [-0.05, 0) is 6.08 Å². The van der Waals surface area contributed by atoms with Crippen molar-refractivity contribution in [1.29, 1.82) is 0 Å². The lowest BCUT2D eigenvalue weighted by Gasteiger charge is -2.31. The molecule has 0 bridgehead atoms. The Hall–Kier alpha value is -2.24. The van der Waals surface area contributed by atoms with Crippen LogP contribution in [-0.2, 0) is 28.6 Å². The number of aromatic nitrogens is 2. The van der Waals surface area contributed by atoms with Gasteiger partial charge in [-0.2, -0.15) is 4.98 Å². The zero-order valence-electron chi connectivity index (χ0n) is 15.8. The molecule has 1 N–H and O–H groups in total. The predicted molar refractivity (Wildman–Crippen MR) is 106 cm³/mol. The van der Waals surface area contributed by atoms with Crippen LogP contribution in [0.4, 0.5) is 5.82 Å². The van der Waals surface area contributed by atoms with Crippen molar-refractivity contribution in [1.82, 2.24) is 9.97 Å². The maximum absolute atomic E-state index is 12.5. The van der Waals surface area contributed by atoms with Crippen LogP contribution in [0.15, 0.2) is 16.5 Å². The topological polar surface area (TPSA) is 128 Å². The molecule has 1 aliphatic rings. The summed E-state index contributed by atoms with van der Waals surface area (Å²) in [5, 5.41) is 0. The van der Waals surface area contributed by atoms with Crippen molar-refractivity contribution in [3.05, 3.63) is 27.8 Å². The van der Waals surface area contributed by atoms with E-state index in [4.69, 9.17) is 25.8 Å². The number of esters is 2. The molecule has 1 aromatic heterocycles. The van der Waals surface area contributed by atoms with Gasteiger partial charge >= 0.3 is 17.6 Å². The average Bonchev–Trinajstić information content (AvgIpc) is 2.91. The number of ether oxygens (including phenoxy) is 3. The number of carbonyl (C=O) groups is 3. The van der Waals surface area contributed by atoms with E-state index in [0.717, 1.165) is 4.90 Å². The van der Waals surface area contributed by atoms with Crippen LogP contribution in [0.5, 0.6) is 0 Å². The van der Waals surface area contributed by atoms with Crippen molar-refractivity contribution in [2.45, 2.75) is 44.0 Å². The summed E-state index contributed by atoms with van der Waals surface area (Å²) in [5.74, 6) is -1.69. The van der Waals surface area contributed by atoms with Crippen molar-refractivity contribution < 1.29 is 28.6 Å². The highest BCUT2D eigenvalue weighted by molar-refractivity contribution is 9.09. The number of anilines is 1. The minimum absolute atomic E-state index is 0.0341. The lowest BCUT2D eigenvalue weighted by atomic mass is 10.1. The van der Waals surface area contributed by atoms with Gasteiger partial charge in [-0.25, -0.2) is 4.79 Å². The molecule has 0 spiro atoms. The number of hydrogen-bond donors (Lipinski definition) is 1. The second-order valence-electron chi connectivity index (χ2n) is 6.05. The Labute approximate surface area is 179 Å². The van der Waals surface area contributed by atoms with E-state index in [2.05, 4.69) is 25.9 Å². The summed E-state index contributed by atoms with van der Waals surface area (Å²) in [6, 6.07) is 0. The molecule has 1 aliphatic heterocycles. The molecule has 2 rings (SSSR count). The van der Waals surface area contributed by atoms with Crippen LogP contribution in [0.1, 0.15) is 26.3 Å². The lowest BCUT2D eigenvalue weighted by molar-refractivity contribution is -0.150. The van der Waals surface area contributed by atoms with Gasteiger partial charge in [-0.1, -0.05) is 27.5 Å². The van der Waals surface area contributed by atoms with Crippen LogP contribution in [0.25, 0.3) is 6.08 Å². The average molecular weight is 493 g/mol. The van der Waals surface area contributed by atoms with E-state index in [9.17, 15) is 19.2 Å². The number of H-pyrrole nitrogens is 1. The number of amides is 1. The smallest absolute Gasteiger partial charge is 0.346 e. The summed E-state index contributed by atoms with van der Waals surface area (Å²) in [5.41, 5.74) is 0.814. The molecule has 29 heavy (non-hydrogen) atoms. The lowest BCUT2D eigenvalue weighted by Crippen LogP contribution is -2.48. The van der Waals surface area contributed by atoms with Crippen LogP contribution in [-0.4, -0.2) is 57.7 Å². The van der Waals surface area contributed by atoms with Crippen LogP contribution < -0.4 is 10.6 Å². The molecular formula is C17H19BrClN3O7. The maximum atomic E-state index is 12.5.